The van der Waals surface area contributed by atoms with Crippen molar-refractivity contribution in [2.24, 2.45) is 5.10 Å². The predicted molar refractivity (Wildman–Crippen MR) is 114 cm³/mol. The summed E-state index contributed by atoms with van der Waals surface area (Å²) in [6.45, 7) is 3.93. The Hall–Kier alpha value is -1.51. The Morgan fingerprint density at radius 1 is 1.15 bits per heavy atom. The van der Waals surface area contributed by atoms with Crippen LogP contribution in [0.25, 0.3) is 10.9 Å². The van der Waals surface area contributed by atoms with Crippen LogP contribution in [0.5, 0.6) is 5.75 Å². The number of hydrogen-bond acceptors (Lipinski definition) is 4. The summed E-state index contributed by atoms with van der Waals surface area (Å²) in [6, 6.07) is 8.85. The number of phenols is 1. The molecule has 3 rings (SSSR count). The second-order valence-electron chi connectivity index (χ2n) is 5.98. The molecule has 0 aliphatic carbocycles. The second kappa shape index (κ2) is 7.62. The normalized spacial score (nSPS) is 11.8. The Morgan fingerprint density at radius 2 is 1.81 bits per heavy atom. The third kappa shape index (κ3) is 3.77. The molecule has 1 N–H and O–H groups in total. The highest BCUT2D eigenvalue weighted by Crippen LogP contribution is 2.32. The standard InChI is InChI=1S/C18H14Br3N3O2/c1-9(2)17-23-15-4-3-11(19)7-12(15)18(26)24(17)22-8-10-5-13(20)16(25)14(21)6-10/h3-9,25H,1-2H3. The molecular weight excluding hydrogens is 530 g/mol. The van der Waals surface area contributed by atoms with Crippen LogP contribution in [0.4, 0.5) is 0 Å². The summed E-state index contributed by atoms with van der Waals surface area (Å²) < 4.78 is 3.20. The number of hydrogen-bond donors (Lipinski definition) is 1. The molecule has 0 amide bonds. The number of aromatic hydroxyl groups is 1. The Balaban J connectivity index is 2.19. The number of rotatable bonds is 3. The molecule has 0 fully saturated rings. The topological polar surface area (TPSA) is 67.5 Å². The number of nitrogens with zero attached hydrogens (tertiary/aromatic N) is 3. The fourth-order valence-corrected chi connectivity index (χ4v) is 4.02. The monoisotopic (exact) mass is 541 g/mol. The molecule has 134 valence electrons. The van der Waals surface area contributed by atoms with Crippen LogP contribution >= 0.6 is 47.8 Å². The van der Waals surface area contributed by atoms with Gasteiger partial charge in [0, 0.05) is 10.4 Å². The van der Waals surface area contributed by atoms with Gasteiger partial charge in [0.15, 0.2) is 0 Å². The summed E-state index contributed by atoms with van der Waals surface area (Å²) in [7, 11) is 0. The van der Waals surface area contributed by atoms with Gasteiger partial charge < -0.3 is 5.11 Å². The molecule has 0 saturated carbocycles. The summed E-state index contributed by atoms with van der Waals surface area (Å²) in [6.07, 6.45) is 1.56. The SMILES string of the molecule is CC(C)c1nc2ccc(Br)cc2c(=O)n1N=Cc1cc(Br)c(O)c(Br)c1. The van der Waals surface area contributed by atoms with Crippen molar-refractivity contribution >= 4 is 64.9 Å². The molecule has 0 atom stereocenters. The molecule has 26 heavy (non-hydrogen) atoms. The van der Waals surface area contributed by atoms with Crippen LogP contribution in [0.3, 0.4) is 0 Å². The largest absolute Gasteiger partial charge is 0.506 e. The van der Waals surface area contributed by atoms with E-state index < -0.39 is 0 Å². The van der Waals surface area contributed by atoms with Crippen LogP contribution in [-0.4, -0.2) is 21.0 Å². The first-order valence-electron chi connectivity index (χ1n) is 7.72. The smallest absolute Gasteiger partial charge is 0.282 e. The molecule has 5 nitrogen and oxygen atoms in total. The summed E-state index contributed by atoms with van der Waals surface area (Å²) in [5.41, 5.74) is 1.13. The number of benzene rings is 2. The van der Waals surface area contributed by atoms with Crippen molar-refractivity contribution < 1.29 is 5.11 Å². The molecule has 1 aromatic heterocycles. The van der Waals surface area contributed by atoms with Gasteiger partial charge in [0.1, 0.15) is 11.6 Å². The predicted octanol–water partition coefficient (Wildman–Crippen LogP) is 5.40. The maximum atomic E-state index is 12.9. The van der Waals surface area contributed by atoms with Crippen molar-refractivity contribution in [3.63, 3.8) is 0 Å². The van der Waals surface area contributed by atoms with Gasteiger partial charge in [-0.2, -0.15) is 9.78 Å². The molecule has 0 spiro atoms. The molecule has 0 bridgehead atoms. The Labute approximate surface area is 175 Å². The molecule has 1 heterocycles. The zero-order valence-corrected chi connectivity index (χ0v) is 18.6. The first-order valence-corrected chi connectivity index (χ1v) is 10.1. The molecule has 0 aliphatic rings. The highest BCUT2D eigenvalue weighted by molar-refractivity contribution is 9.11. The van der Waals surface area contributed by atoms with Crippen LogP contribution < -0.4 is 5.56 Å². The van der Waals surface area contributed by atoms with Gasteiger partial charge >= 0.3 is 0 Å². The van der Waals surface area contributed by atoms with E-state index in [1.165, 1.54) is 4.68 Å². The van der Waals surface area contributed by atoms with E-state index in [1.807, 2.05) is 26.0 Å². The fraction of sp³-hybridized carbons (Fsp3) is 0.167. The lowest BCUT2D eigenvalue weighted by Crippen LogP contribution is -2.23. The molecule has 2 aromatic carbocycles. The zero-order chi connectivity index (χ0) is 19.0. The minimum absolute atomic E-state index is 0.0196. The quantitative estimate of drug-likeness (QED) is 0.450. The van der Waals surface area contributed by atoms with Crippen LogP contribution in [0.15, 0.2) is 53.6 Å². The van der Waals surface area contributed by atoms with Crippen molar-refractivity contribution in [3.05, 3.63) is 65.5 Å². The van der Waals surface area contributed by atoms with Crippen LogP contribution in [0.1, 0.15) is 31.2 Å². The van der Waals surface area contributed by atoms with E-state index >= 15 is 0 Å². The van der Waals surface area contributed by atoms with Gasteiger partial charge in [-0.15, -0.1) is 0 Å². The van der Waals surface area contributed by atoms with E-state index in [1.54, 1.807) is 24.4 Å². The Bertz CT molecular complexity index is 1070. The maximum absolute atomic E-state index is 12.9. The van der Waals surface area contributed by atoms with Gasteiger partial charge in [-0.25, -0.2) is 4.98 Å². The third-order valence-electron chi connectivity index (χ3n) is 3.71. The van der Waals surface area contributed by atoms with E-state index in [9.17, 15) is 9.90 Å². The number of fused-ring (bicyclic) bond motifs is 1. The van der Waals surface area contributed by atoms with E-state index in [-0.39, 0.29) is 17.2 Å². The van der Waals surface area contributed by atoms with E-state index in [2.05, 4.69) is 57.9 Å². The minimum atomic E-state index is -0.229. The first kappa shape index (κ1) is 19.3. The van der Waals surface area contributed by atoms with Crippen LogP contribution in [0, 0.1) is 0 Å². The van der Waals surface area contributed by atoms with Gasteiger partial charge in [-0.1, -0.05) is 29.8 Å². The van der Waals surface area contributed by atoms with Crippen LogP contribution in [-0.2, 0) is 0 Å². The second-order valence-corrected chi connectivity index (χ2v) is 8.61. The van der Waals surface area contributed by atoms with Crippen molar-refractivity contribution in [2.45, 2.75) is 19.8 Å². The van der Waals surface area contributed by atoms with E-state index in [0.717, 1.165) is 10.0 Å². The van der Waals surface area contributed by atoms with Crippen molar-refractivity contribution in [2.75, 3.05) is 0 Å². The number of phenolic OH excluding ortho intramolecular Hbond substituents is 1. The molecule has 0 unspecified atom stereocenters. The molecule has 0 aliphatic heterocycles. The van der Waals surface area contributed by atoms with Crippen molar-refractivity contribution in [3.8, 4) is 5.75 Å². The average molecular weight is 544 g/mol. The molecule has 0 saturated heterocycles. The summed E-state index contributed by atoms with van der Waals surface area (Å²) in [4.78, 5) is 17.6. The Morgan fingerprint density at radius 3 is 2.42 bits per heavy atom. The van der Waals surface area contributed by atoms with Gasteiger partial charge in [0.05, 0.1) is 26.1 Å². The first-order chi connectivity index (χ1) is 12.3. The molecular formula is C18H14Br3N3O2. The summed E-state index contributed by atoms with van der Waals surface area (Å²) in [5.74, 6) is 0.712. The highest BCUT2D eigenvalue weighted by atomic mass is 79.9. The Kier molecular flexibility index (Phi) is 5.64. The number of halogens is 3. The highest BCUT2D eigenvalue weighted by Gasteiger charge is 2.14. The van der Waals surface area contributed by atoms with Gasteiger partial charge in [-0.05, 0) is 67.8 Å². The lowest BCUT2D eigenvalue weighted by atomic mass is 10.2. The van der Waals surface area contributed by atoms with E-state index in [0.29, 0.717) is 25.7 Å². The summed E-state index contributed by atoms with van der Waals surface area (Å²) >= 11 is 9.96. The lowest BCUT2D eigenvalue weighted by Gasteiger charge is -2.12. The lowest BCUT2D eigenvalue weighted by molar-refractivity contribution is 0.468. The zero-order valence-electron chi connectivity index (χ0n) is 13.9. The molecule has 0 radical (unpaired) electrons. The summed E-state index contributed by atoms with van der Waals surface area (Å²) in [5, 5.41) is 14.7. The fourth-order valence-electron chi connectivity index (χ4n) is 2.44. The van der Waals surface area contributed by atoms with Crippen molar-refractivity contribution in [1.82, 2.24) is 9.66 Å². The minimum Gasteiger partial charge on any atom is -0.506 e. The van der Waals surface area contributed by atoms with Crippen LogP contribution in [0.2, 0.25) is 0 Å². The molecule has 8 heteroatoms. The van der Waals surface area contributed by atoms with Gasteiger partial charge in [0.25, 0.3) is 5.56 Å². The molecule has 3 aromatic rings. The third-order valence-corrected chi connectivity index (χ3v) is 5.41. The van der Waals surface area contributed by atoms with Crippen molar-refractivity contribution in [1.29, 1.82) is 0 Å². The maximum Gasteiger partial charge on any atom is 0.282 e. The van der Waals surface area contributed by atoms with Gasteiger partial charge in [-0.3, -0.25) is 4.79 Å². The average Bonchev–Trinajstić information content (AvgIpc) is 2.58. The van der Waals surface area contributed by atoms with Gasteiger partial charge in [0.2, 0.25) is 0 Å². The number of aromatic nitrogens is 2. The van der Waals surface area contributed by atoms with E-state index in [4.69, 9.17) is 0 Å².